The molecule has 6 heteroatoms. The number of carbonyl (C=O) groups is 1. The third kappa shape index (κ3) is 3.45. The van der Waals surface area contributed by atoms with Crippen LogP contribution in [-0.2, 0) is 16.0 Å². The lowest BCUT2D eigenvalue weighted by Crippen LogP contribution is -2.01. The number of rotatable bonds is 4. The monoisotopic (exact) mass is 296 g/mol. The zero-order valence-electron chi connectivity index (χ0n) is 10.4. The molecule has 0 aliphatic carbocycles. The Hall–Kier alpha value is -1.59. The van der Waals surface area contributed by atoms with Gasteiger partial charge in [-0.15, -0.1) is 11.3 Å². The van der Waals surface area contributed by atoms with Crippen LogP contribution in [0.15, 0.2) is 24.3 Å². The van der Waals surface area contributed by atoms with Crippen LogP contribution in [0.4, 0.5) is 5.13 Å². The predicted octanol–water partition coefficient (Wildman–Crippen LogP) is 3.15. The number of esters is 1. The molecule has 0 saturated carbocycles. The number of thiazole rings is 1. The Morgan fingerprint density at radius 2 is 2.11 bits per heavy atom. The zero-order valence-corrected chi connectivity index (χ0v) is 11.9. The number of benzene rings is 1. The van der Waals surface area contributed by atoms with Crippen LogP contribution in [0.25, 0.3) is 11.3 Å². The standard InChI is InChI=1S/C13H13ClN2O2S/c1-18-11(17)7-6-10-12(16-13(15)19-10)8-2-4-9(14)5-3-8/h2-5H,6-7H2,1H3,(H2,15,16). The van der Waals surface area contributed by atoms with Crippen LogP contribution in [0.1, 0.15) is 11.3 Å². The highest BCUT2D eigenvalue weighted by Gasteiger charge is 2.13. The molecule has 2 rings (SSSR count). The fourth-order valence-corrected chi connectivity index (χ4v) is 2.67. The maximum Gasteiger partial charge on any atom is 0.305 e. The number of nitrogens with zero attached hydrogens (tertiary/aromatic N) is 1. The second-order valence-electron chi connectivity index (χ2n) is 3.91. The molecule has 4 nitrogen and oxygen atoms in total. The van der Waals surface area contributed by atoms with Gasteiger partial charge >= 0.3 is 5.97 Å². The number of nitrogen functional groups attached to an aromatic ring is 1. The molecular formula is C13H13ClN2O2S. The van der Waals surface area contributed by atoms with Crippen LogP contribution in [0.2, 0.25) is 5.02 Å². The van der Waals surface area contributed by atoms with Gasteiger partial charge in [0.05, 0.1) is 19.2 Å². The van der Waals surface area contributed by atoms with E-state index in [1.165, 1.54) is 18.4 Å². The highest BCUT2D eigenvalue weighted by Crippen LogP contribution is 2.31. The third-order valence-electron chi connectivity index (χ3n) is 2.62. The lowest BCUT2D eigenvalue weighted by atomic mass is 10.1. The number of aryl methyl sites for hydroxylation is 1. The van der Waals surface area contributed by atoms with Gasteiger partial charge in [-0.1, -0.05) is 23.7 Å². The van der Waals surface area contributed by atoms with Gasteiger partial charge in [0.1, 0.15) is 0 Å². The molecule has 0 aliphatic rings. The summed E-state index contributed by atoms with van der Waals surface area (Å²) in [5.74, 6) is -0.242. The summed E-state index contributed by atoms with van der Waals surface area (Å²) in [4.78, 5) is 16.5. The van der Waals surface area contributed by atoms with Crippen molar-refractivity contribution in [2.24, 2.45) is 0 Å². The highest BCUT2D eigenvalue weighted by atomic mass is 35.5. The third-order valence-corrected chi connectivity index (χ3v) is 3.81. The second-order valence-corrected chi connectivity index (χ2v) is 5.46. The molecule has 0 amide bonds. The number of halogens is 1. The van der Waals surface area contributed by atoms with Gasteiger partial charge in [-0.2, -0.15) is 0 Å². The fraction of sp³-hybridized carbons (Fsp3) is 0.231. The summed E-state index contributed by atoms with van der Waals surface area (Å²) >= 11 is 7.25. The summed E-state index contributed by atoms with van der Waals surface area (Å²) in [6, 6.07) is 7.38. The SMILES string of the molecule is COC(=O)CCc1sc(N)nc1-c1ccc(Cl)cc1. The van der Waals surface area contributed by atoms with Gasteiger partial charge in [0.2, 0.25) is 0 Å². The number of aromatic nitrogens is 1. The van der Waals surface area contributed by atoms with Crippen LogP contribution >= 0.6 is 22.9 Å². The predicted molar refractivity (Wildman–Crippen MR) is 77.3 cm³/mol. The summed E-state index contributed by atoms with van der Waals surface area (Å²) in [6.45, 7) is 0. The highest BCUT2D eigenvalue weighted by molar-refractivity contribution is 7.15. The molecule has 19 heavy (non-hydrogen) atoms. The number of anilines is 1. The van der Waals surface area contributed by atoms with Crippen molar-refractivity contribution in [2.75, 3.05) is 12.8 Å². The van der Waals surface area contributed by atoms with Crippen molar-refractivity contribution in [1.29, 1.82) is 0 Å². The maximum absolute atomic E-state index is 11.2. The molecule has 1 aromatic carbocycles. The van der Waals surface area contributed by atoms with Crippen molar-refractivity contribution >= 4 is 34.0 Å². The Morgan fingerprint density at radius 3 is 2.74 bits per heavy atom. The molecule has 0 radical (unpaired) electrons. The van der Waals surface area contributed by atoms with Crippen molar-refractivity contribution in [3.05, 3.63) is 34.2 Å². The molecule has 0 fully saturated rings. The summed E-state index contributed by atoms with van der Waals surface area (Å²) in [6.07, 6.45) is 0.887. The minimum Gasteiger partial charge on any atom is -0.469 e. The van der Waals surface area contributed by atoms with Crippen LogP contribution < -0.4 is 5.73 Å². The topological polar surface area (TPSA) is 65.2 Å². The average Bonchev–Trinajstić information content (AvgIpc) is 2.78. The summed E-state index contributed by atoms with van der Waals surface area (Å²) in [5, 5.41) is 1.16. The molecule has 1 heterocycles. The van der Waals surface area contributed by atoms with Gasteiger partial charge in [0, 0.05) is 15.5 Å². The average molecular weight is 297 g/mol. The molecule has 0 aliphatic heterocycles. The van der Waals surface area contributed by atoms with Crippen molar-refractivity contribution in [2.45, 2.75) is 12.8 Å². The van der Waals surface area contributed by atoms with Crippen LogP contribution in [0, 0.1) is 0 Å². The normalized spacial score (nSPS) is 10.4. The lowest BCUT2D eigenvalue weighted by Gasteiger charge is -2.02. The molecule has 2 N–H and O–H groups in total. The van der Waals surface area contributed by atoms with Crippen molar-refractivity contribution in [3.8, 4) is 11.3 Å². The molecule has 0 bridgehead atoms. The molecule has 0 saturated heterocycles. The summed E-state index contributed by atoms with van der Waals surface area (Å²) < 4.78 is 4.64. The molecule has 0 atom stereocenters. The quantitative estimate of drug-likeness (QED) is 0.880. The summed E-state index contributed by atoms with van der Waals surface area (Å²) in [5.41, 5.74) is 7.50. The van der Waals surface area contributed by atoms with Gasteiger partial charge in [-0.05, 0) is 18.6 Å². The van der Waals surface area contributed by atoms with Crippen LogP contribution in [-0.4, -0.2) is 18.1 Å². The fourth-order valence-electron chi connectivity index (χ4n) is 1.69. The first-order chi connectivity index (χ1) is 9.10. The first-order valence-corrected chi connectivity index (χ1v) is 6.87. The second kappa shape index (κ2) is 6.04. The number of ether oxygens (including phenoxy) is 1. The van der Waals surface area contributed by atoms with Gasteiger partial charge < -0.3 is 10.5 Å². The molecule has 2 aromatic rings. The van der Waals surface area contributed by atoms with E-state index in [9.17, 15) is 4.79 Å². The number of nitrogens with two attached hydrogens (primary N) is 1. The summed E-state index contributed by atoms with van der Waals surface area (Å²) in [7, 11) is 1.38. The van der Waals surface area contributed by atoms with E-state index >= 15 is 0 Å². The number of hydrogen-bond donors (Lipinski definition) is 1. The molecule has 100 valence electrons. The van der Waals surface area contributed by atoms with Crippen LogP contribution in [0.5, 0.6) is 0 Å². The molecule has 0 unspecified atom stereocenters. The van der Waals surface area contributed by atoms with E-state index in [4.69, 9.17) is 17.3 Å². The van der Waals surface area contributed by atoms with E-state index in [2.05, 4.69) is 9.72 Å². The van der Waals surface area contributed by atoms with Gasteiger partial charge in [0.15, 0.2) is 5.13 Å². The van der Waals surface area contributed by atoms with E-state index in [1.54, 1.807) is 12.1 Å². The van der Waals surface area contributed by atoms with E-state index in [0.29, 0.717) is 23.0 Å². The van der Waals surface area contributed by atoms with E-state index in [-0.39, 0.29) is 5.97 Å². The van der Waals surface area contributed by atoms with Gasteiger partial charge in [-0.25, -0.2) is 4.98 Å². The Kier molecular flexibility index (Phi) is 4.39. The van der Waals surface area contributed by atoms with E-state index in [0.717, 1.165) is 16.1 Å². The minimum atomic E-state index is -0.242. The van der Waals surface area contributed by atoms with E-state index < -0.39 is 0 Å². The number of carbonyl (C=O) groups excluding carboxylic acids is 1. The smallest absolute Gasteiger partial charge is 0.305 e. The van der Waals surface area contributed by atoms with Crippen molar-refractivity contribution in [3.63, 3.8) is 0 Å². The molecular weight excluding hydrogens is 284 g/mol. The van der Waals surface area contributed by atoms with Gasteiger partial charge in [-0.3, -0.25) is 4.79 Å². The van der Waals surface area contributed by atoms with Gasteiger partial charge in [0.25, 0.3) is 0 Å². The largest absolute Gasteiger partial charge is 0.469 e. The first-order valence-electron chi connectivity index (χ1n) is 5.68. The Balaban J connectivity index is 2.25. The Bertz CT molecular complexity index is 581. The zero-order chi connectivity index (χ0) is 13.8. The van der Waals surface area contributed by atoms with Crippen LogP contribution in [0.3, 0.4) is 0 Å². The Labute approximate surface area is 120 Å². The maximum atomic E-state index is 11.2. The molecule has 1 aromatic heterocycles. The molecule has 0 spiro atoms. The van der Waals surface area contributed by atoms with Crippen molar-refractivity contribution < 1.29 is 9.53 Å². The number of hydrogen-bond acceptors (Lipinski definition) is 5. The number of methoxy groups -OCH3 is 1. The lowest BCUT2D eigenvalue weighted by molar-refractivity contribution is -0.140. The Morgan fingerprint density at radius 1 is 1.42 bits per heavy atom. The van der Waals surface area contributed by atoms with Crippen molar-refractivity contribution in [1.82, 2.24) is 4.98 Å². The minimum absolute atomic E-state index is 0.242. The first kappa shape index (κ1) is 13.8. The van der Waals surface area contributed by atoms with E-state index in [1.807, 2.05) is 12.1 Å².